The molecular weight excluding hydrogens is 1500 g/mol. The van der Waals surface area contributed by atoms with Crippen LogP contribution in [0.25, 0.3) is 0 Å². The molecule has 8 rings (SSSR count). The van der Waals surface area contributed by atoms with Crippen LogP contribution in [-0.4, -0.2) is 139 Å². The van der Waals surface area contributed by atoms with Crippen molar-refractivity contribution in [3.8, 4) is 0 Å². The molecule has 0 aromatic heterocycles. The molecule has 26 heteroatoms. The lowest BCUT2D eigenvalue weighted by molar-refractivity contribution is -0.304. The highest BCUT2D eigenvalue weighted by molar-refractivity contribution is 7.48. The van der Waals surface area contributed by atoms with Gasteiger partial charge in [0.25, 0.3) is 0 Å². The molecule has 2 amide bonds. The number of ether oxygens (including phenoxy) is 11. The van der Waals surface area contributed by atoms with E-state index in [0.29, 0.717) is 30.4 Å². The third-order valence-corrected chi connectivity index (χ3v) is 21.0. The quantitative estimate of drug-likeness (QED) is 0.00622. The number of fused-ring (bicyclic) bond motifs is 1. The number of carbonyl (C=O) groups is 4. The van der Waals surface area contributed by atoms with E-state index in [9.17, 15) is 19.5 Å². The largest absolute Gasteiger partial charge is 0.475 e. The van der Waals surface area contributed by atoms with Gasteiger partial charge in [-0.25, -0.2) is 9.36 Å². The van der Waals surface area contributed by atoms with Gasteiger partial charge in [0.2, 0.25) is 9.70 Å². The Labute approximate surface area is 664 Å². The molecule has 5 aromatic carbocycles. The second kappa shape index (κ2) is 49.7. The maximum atomic E-state index is 15.3. The third-order valence-electron chi connectivity index (χ3n) is 19.2. The zero-order valence-electron chi connectivity index (χ0n) is 63.9. The summed E-state index contributed by atoms with van der Waals surface area (Å²) in [4.78, 5) is 59.4. The minimum Gasteiger partial charge on any atom is -0.457 e. The lowest BCUT2D eigenvalue weighted by Crippen LogP contribution is -2.68. The Hall–Kier alpha value is -5.86. The van der Waals surface area contributed by atoms with Crippen molar-refractivity contribution < 1.29 is 94.5 Å². The molecule has 3 aliphatic rings. The van der Waals surface area contributed by atoms with Gasteiger partial charge in [-0.3, -0.25) is 28.0 Å². The van der Waals surface area contributed by atoms with E-state index in [1.54, 1.807) is 24.3 Å². The Bertz CT molecular complexity index is 3450. The van der Waals surface area contributed by atoms with Crippen molar-refractivity contribution in [1.29, 1.82) is 0 Å². The summed E-state index contributed by atoms with van der Waals surface area (Å²) < 4.78 is 103. The van der Waals surface area contributed by atoms with Crippen LogP contribution >= 0.6 is 42.6 Å². The average molecular weight is 1610 g/mol. The first-order valence-electron chi connectivity index (χ1n) is 39.2. The number of unbranched alkanes of at least 4 members (excludes halogenated alkanes) is 12. The molecule has 2 saturated heterocycles. The Kier molecular flexibility index (Phi) is 40.5. The van der Waals surface area contributed by atoms with E-state index in [1.807, 2.05) is 121 Å². The second-order valence-corrected chi connectivity index (χ2v) is 32.3. The standard InChI is InChI=1S/C84H114Cl3N2O20P/c1-5-9-12-15-30-45-67(98-53-62-37-24-19-25-38-62)49-72(90)88-75-79(107-73(91)50-68(46-31-16-13-10-6-2)99-54-63-39-26-20-27-40-63)77(93)70(105-81(75)97-48-8-4)59-101-82-76(89-83(94)102-60-84(85,86)87)80(108-74(92)51-69(47-32-17-14-11-7-3)100-55-64-41-28-21-29-42-64)78(71(106-82)58-96-52-61-35-22-18-23-36-61)109-110(95)103-56-65-43-33-34-44-66(65)57-104-110/h8,18-29,33-44,67-71,75-82,93H,4-7,9-17,30-32,45-60H2,1-3H3,(H,88,90)(H,89,94)/t67-,68-,69-,70-,71-,75-,76-,77-,78-,79-,80-,81+,82-/m1/s1/i82+1. The van der Waals surface area contributed by atoms with Crippen molar-refractivity contribution >= 4 is 66.6 Å². The molecule has 13 atom stereocenters. The molecule has 0 spiro atoms. The number of benzene rings is 5. The number of carbonyl (C=O) groups excluding carboxylic acids is 4. The van der Waals surface area contributed by atoms with Gasteiger partial charge in [0.1, 0.15) is 43.1 Å². The van der Waals surface area contributed by atoms with Gasteiger partial charge in [-0.1, -0.05) is 304 Å². The fourth-order valence-electron chi connectivity index (χ4n) is 13.3. The SMILES string of the molecule is C=CCO[C@H]1O[C@H](CO[13C@@H]2O[C@H](COCc3ccccc3)[C@@H](OP3(=O)OCc4ccccc4CO3)[C@H](OC(=O)C[C@@H](CCCCCCC)OCc3ccccc3)[C@H]2NC(=O)OCC(Cl)(Cl)Cl)[C@@H](O)[C@H](OC(=O)C[C@@H](CCCCCCC)OCc2ccccc2)[C@H]1NC(=O)C[C@@H](CCCCCCC)OCc1ccccc1. The number of phosphoric ester groups is 1. The molecule has 3 heterocycles. The summed E-state index contributed by atoms with van der Waals surface area (Å²) in [5, 5.41) is 18.8. The highest BCUT2D eigenvalue weighted by Gasteiger charge is 2.55. The van der Waals surface area contributed by atoms with Crippen LogP contribution in [0.4, 0.5) is 4.79 Å². The van der Waals surface area contributed by atoms with Gasteiger partial charge in [0.05, 0.1) is 97.0 Å². The number of alkyl carbamates (subject to hydrolysis) is 1. The molecule has 0 aliphatic carbocycles. The van der Waals surface area contributed by atoms with Crippen molar-refractivity contribution in [3.63, 3.8) is 0 Å². The van der Waals surface area contributed by atoms with Crippen LogP contribution in [0.15, 0.2) is 158 Å². The maximum absolute atomic E-state index is 15.3. The van der Waals surface area contributed by atoms with Crippen molar-refractivity contribution in [2.24, 2.45) is 0 Å². The first kappa shape index (κ1) is 89.7. The first-order chi connectivity index (χ1) is 53.4. The Morgan fingerprint density at radius 3 is 1.41 bits per heavy atom. The molecule has 0 radical (unpaired) electrons. The van der Waals surface area contributed by atoms with Crippen molar-refractivity contribution in [1.82, 2.24) is 10.6 Å². The fraction of sp³-hybridized carbons (Fsp3) is 0.571. The zero-order chi connectivity index (χ0) is 78.2. The highest BCUT2D eigenvalue weighted by Crippen LogP contribution is 2.55. The zero-order valence-corrected chi connectivity index (χ0v) is 67.0. The molecule has 3 aliphatic heterocycles. The number of alkyl halides is 3. The normalized spacial score (nSPS) is 22.0. The maximum Gasteiger partial charge on any atom is 0.475 e. The number of amides is 2. The van der Waals surface area contributed by atoms with E-state index in [-0.39, 0.29) is 72.1 Å². The first-order valence-corrected chi connectivity index (χ1v) is 41.7. The highest BCUT2D eigenvalue weighted by atomic mass is 35.6. The fourth-order valence-corrected chi connectivity index (χ4v) is 14.8. The number of nitrogens with one attached hydrogen (secondary N) is 2. The molecular formula is C84H114Cl3N2O20P. The van der Waals surface area contributed by atoms with Crippen molar-refractivity contribution in [2.45, 2.75) is 279 Å². The van der Waals surface area contributed by atoms with Crippen LogP contribution in [0, 0.1) is 0 Å². The number of hydrogen-bond donors (Lipinski definition) is 3. The van der Waals surface area contributed by atoms with Gasteiger partial charge in [-0.05, 0) is 52.6 Å². The van der Waals surface area contributed by atoms with Crippen LogP contribution in [0.1, 0.15) is 189 Å². The summed E-state index contributed by atoms with van der Waals surface area (Å²) in [6.07, 6.45) is 0.410. The molecule has 3 N–H and O–H groups in total. The number of rotatable bonds is 50. The average Bonchev–Trinajstić information content (AvgIpc) is 0.963. The summed E-state index contributed by atoms with van der Waals surface area (Å²) in [5.41, 5.74) is 4.80. The van der Waals surface area contributed by atoms with E-state index in [2.05, 4.69) is 38.0 Å². The lowest BCUT2D eigenvalue weighted by atomic mass is 9.95. The van der Waals surface area contributed by atoms with Gasteiger partial charge in [-0.2, -0.15) is 0 Å². The van der Waals surface area contributed by atoms with Crippen LogP contribution in [0.5, 0.6) is 0 Å². The van der Waals surface area contributed by atoms with Gasteiger partial charge in [-0.15, -0.1) is 6.58 Å². The molecule has 22 nitrogen and oxygen atoms in total. The summed E-state index contributed by atoms with van der Waals surface area (Å²) in [6, 6.07) is 42.1. The number of esters is 2. The van der Waals surface area contributed by atoms with E-state index < -0.39 is 128 Å². The van der Waals surface area contributed by atoms with Crippen LogP contribution in [0.3, 0.4) is 0 Å². The predicted molar refractivity (Wildman–Crippen MR) is 419 cm³/mol. The molecule has 110 heavy (non-hydrogen) atoms. The Morgan fingerprint density at radius 1 is 0.527 bits per heavy atom. The molecule has 0 unspecified atom stereocenters. The molecule has 2 fully saturated rings. The minimum absolute atomic E-state index is 0.0123. The topological polar surface area (TPSA) is 259 Å². The van der Waals surface area contributed by atoms with Gasteiger partial charge >= 0.3 is 25.9 Å². The molecule has 0 saturated carbocycles. The monoisotopic (exact) mass is 1610 g/mol. The van der Waals surface area contributed by atoms with E-state index in [1.165, 1.54) is 6.08 Å². The predicted octanol–water partition coefficient (Wildman–Crippen LogP) is 17.3. The number of aliphatic hydroxyl groups excluding tert-OH is 1. The van der Waals surface area contributed by atoms with E-state index in [0.717, 1.165) is 119 Å². The smallest absolute Gasteiger partial charge is 0.457 e. The van der Waals surface area contributed by atoms with Crippen LogP contribution in [0.2, 0.25) is 0 Å². The van der Waals surface area contributed by atoms with Gasteiger partial charge < -0.3 is 67.8 Å². The lowest BCUT2D eigenvalue weighted by Gasteiger charge is -2.47. The molecule has 5 aromatic rings. The van der Waals surface area contributed by atoms with E-state index in [4.69, 9.17) is 100 Å². The summed E-state index contributed by atoms with van der Waals surface area (Å²) >= 11 is 18.5. The van der Waals surface area contributed by atoms with Gasteiger partial charge in [0.15, 0.2) is 24.8 Å². The second-order valence-electron chi connectivity index (χ2n) is 28.2. The summed E-state index contributed by atoms with van der Waals surface area (Å²) in [5.74, 6) is -2.10. The Balaban J connectivity index is 1.17. The minimum atomic E-state index is -4.75. The van der Waals surface area contributed by atoms with Gasteiger partial charge in [0, 0.05) is 0 Å². The number of phosphoric acid groups is 1. The van der Waals surface area contributed by atoms with Crippen molar-refractivity contribution in [3.05, 3.63) is 192 Å². The van der Waals surface area contributed by atoms with Crippen molar-refractivity contribution in [2.75, 3.05) is 26.4 Å². The summed E-state index contributed by atoms with van der Waals surface area (Å²) in [6.45, 7) is 8.52. The number of halogens is 3. The number of aliphatic hydroxyl groups is 1. The van der Waals surface area contributed by atoms with E-state index >= 15 is 9.36 Å². The summed E-state index contributed by atoms with van der Waals surface area (Å²) in [7, 11) is -4.75. The Morgan fingerprint density at radius 2 is 0.945 bits per heavy atom. The van der Waals surface area contributed by atoms with Crippen LogP contribution in [-0.2, 0) is 124 Å². The third kappa shape index (κ3) is 32.6. The number of hydrogen-bond acceptors (Lipinski definition) is 20. The van der Waals surface area contributed by atoms with Crippen LogP contribution < -0.4 is 10.6 Å². The molecule has 0 bridgehead atoms. The molecule has 606 valence electrons.